The Balaban J connectivity index is 2.52. The molecule has 0 spiro atoms. The smallest absolute Gasteiger partial charge is 0.471 e. The van der Waals surface area contributed by atoms with E-state index in [1.165, 1.54) is 11.8 Å². The summed E-state index contributed by atoms with van der Waals surface area (Å²) in [6, 6.07) is -0.752. The van der Waals surface area contributed by atoms with E-state index >= 15 is 0 Å². The Kier molecular flexibility index (Phi) is 3.97. The number of amides is 1. The van der Waals surface area contributed by atoms with Crippen LogP contribution in [0.1, 0.15) is 6.92 Å². The first-order valence-corrected chi connectivity index (χ1v) is 5.06. The molecule has 0 bridgehead atoms. The minimum absolute atomic E-state index is 0.101. The molecule has 0 aliphatic carbocycles. The second-order valence-corrected chi connectivity index (χ2v) is 3.84. The minimum Gasteiger partial charge on any atom is -0.480 e. The number of carboxylic acid groups (broad SMARTS) is 1. The molecule has 1 aliphatic rings. The molecule has 0 aromatic carbocycles. The summed E-state index contributed by atoms with van der Waals surface area (Å²) in [6.45, 7) is 1.53. The fourth-order valence-corrected chi connectivity index (χ4v) is 1.65. The van der Waals surface area contributed by atoms with E-state index in [-0.39, 0.29) is 26.2 Å². The van der Waals surface area contributed by atoms with E-state index < -0.39 is 24.1 Å². The van der Waals surface area contributed by atoms with Crippen LogP contribution in [0, 0.1) is 0 Å². The summed E-state index contributed by atoms with van der Waals surface area (Å²) in [4.78, 5) is 23.8. The van der Waals surface area contributed by atoms with E-state index in [1.54, 1.807) is 0 Å². The van der Waals surface area contributed by atoms with Crippen molar-refractivity contribution in [2.75, 3.05) is 26.2 Å². The second kappa shape index (κ2) is 4.91. The first-order chi connectivity index (χ1) is 7.73. The quantitative estimate of drug-likeness (QED) is 0.763. The lowest BCUT2D eigenvalue weighted by Crippen LogP contribution is -2.55. The maximum Gasteiger partial charge on any atom is 0.471 e. The van der Waals surface area contributed by atoms with Crippen LogP contribution >= 0.6 is 0 Å². The number of hydrogen-bond acceptors (Lipinski definition) is 3. The molecule has 17 heavy (non-hydrogen) atoms. The number of carbonyl (C=O) groups excluding carboxylic acids is 1. The van der Waals surface area contributed by atoms with Crippen LogP contribution < -0.4 is 0 Å². The van der Waals surface area contributed by atoms with Crippen molar-refractivity contribution in [1.29, 1.82) is 0 Å². The number of carboxylic acids is 1. The van der Waals surface area contributed by atoms with Crippen molar-refractivity contribution in [1.82, 2.24) is 9.80 Å². The summed E-state index contributed by atoms with van der Waals surface area (Å²) in [5, 5.41) is 8.74. The molecule has 1 atom stereocenters. The number of halogens is 3. The number of alkyl halides is 3. The summed E-state index contributed by atoms with van der Waals surface area (Å²) in [6.07, 6.45) is -4.86. The third kappa shape index (κ3) is 3.32. The molecule has 1 heterocycles. The number of nitrogens with zero attached hydrogens (tertiary/aromatic N) is 2. The molecule has 1 amide bonds. The lowest BCUT2D eigenvalue weighted by atomic mass is 10.2. The zero-order chi connectivity index (χ0) is 13.2. The van der Waals surface area contributed by atoms with Crippen LogP contribution in [0.5, 0.6) is 0 Å². The molecule has 0 aromatic rings. The zero-order valence-corrected chi connectivity index (χ0v) is 9.20. The van der Waals surface area contributed by atoms with Crippen molar-refractivity contribution in [3.63, 3.8) is 0 Å². The summed E-state index contributed by atoms with van der Waals surface area (Å²) in [5.74, 6) is -2.89. The van der Waals surface area contributed by atoms with Gasteiger partial charge in [0.2, 0.25) is 0 Å². The van der Waals surface area contributed by atoms with E-state index in [2.05, 4.69) is 0 Å². The first-order valence-electron chi connectivity index (χ1n) is 5.06. The van der Waals surface area contributed by atoms with Gasteiger partial charge in [-0.15, -0.1) is 0 Å². The van der Waals surface area contributed by atoms with Gasteiger partial charge < -0.3 is 10.0 Å². The fraction of sp³-hybridized carbons (Fsp3) is 0.778. The highest BCUT2D eigenvalue weighted by molar-refractivity contribution is 5.82. The van der Waals surface area contributed by atoms with Gasteiger partial charge in [0.25, 0.3) is 0 Å². The van der Waals surface area contributed by atoms with Crippen LogP contribution in [0.15, 0.2) is 0 Å². The predicted octanol–water partition coefficient (Wildman–Crippen LogP) is 0.166. The van der Waals surface area contributed by atoms with Crippen LogP contribution in [0.3, 0.4) is 0 Å². The lowest BCUT2D eigenvalue weighted by molar-refractivity contribution is -0.187. The maximum atomic E-state index is 12.1. The molecule has 0 saturated carbocycles. The lowest BCUT2D eigenvalue weighted by Gasteiger charge is -2.36. The van der Waals surface area contributed by atoms with Crippen molar-refractivity contribution in [3.8, 4) is 0 Å². The van der Waals surface area contributed by atoms with Gasteiger partial charge in [-0.2, -0.15) is 13.2 Å². The Bertz CT molecular complexity index is 311. The molecule has 5 nitrogen and oxygen atoms in total. The third-order valence-electron chi connectivity index (χ3n) is 2.75. The summed E-state index contributed by atoms with van der Waals surface area (Å²) in [5.41, 5.74) is 0. The van der Waals surface area contributed by atoms with Crippen LogP contribution in [-0.4, -0.2) is 65.2 Å². The van der Waals surface area contributed by atoms with E-state index in [0.717, 1.165) is 0 Å². The number of carbonyl (C=O) groups is 2. The van der Waals surface area contributed by atoms with Crippen LogP contribution in [-0.2, 0) is 9.59 Å². The second-order valence-electron chi connectivity index (χ2n) is 3.84. The highest BCUT2D eigenvalue weighted by Gasteiger charge is 2.43. The molecule has 0 aromatic heterocycles. The normalized spacial score (nSPS) is 20.1. The maximum absolute atomic E-state index is 12.1. The van der Waals surface area contributed by atoms with Crippen molar-refractivity contribution in [2.24, 2.45) is 0 Å². The van der Waals surface area contributed by atoms with Gasteiger partial charge in [0, 0.05) is 26.2 Å². The van der Waals surface area contributed by atoms with E-state index in [1.807, 2.05) is 0 Å². The molecule has 1 aliphatic heterocycles. The van der Waals surface area contributed by atoms with Gasteiger partial charge in [-0.1, -0.05) is 0 Å². The monoisotopic (exact) mass is 254 g/mol. The van der Waals surface area contributed by atoms with Gasteiger partial charge in [0.15, 0.2) is 0 Å². The molecule has 98 valence electrons. The average molecular weight is 254 g/mol. The summed E-state index contributed by atoms with van der Waals surface area (Å²) < 4.78 is 36.4. The zero-order valence-electron chi connectivity index (χ0n) is 9.20. The number of hydrogen-bond donors (Lipinski definition) is 1. The van der Waals surface area contributed by atoms with Crippen LogP contribution in [0.2, 0.25) is 0 Å². The van der Waals surface area contributed by atoms with Gasteiger partial charge in [-0.3, -0.25) is 14.5 Å². The van der Waals surface area contributed by atoms with Gasteiger partial charge in [-0.05, 0) is 6.92 Å². The van der Waals surface area contributed by atoms with E-state index in [4.69, 9.17) is 5.11 Å². The average Bonchev–Trinajstić information content (AvgIpc) is 2.26. The summed E-state index contributed by atoms with van der Waals surface area (Å²) in [7, 11) is 0. The Morgan fingerprint density at radius 1 is 1.18 bits per heavy atom. The molecular weight excluding hydrogens is 241 g/mol. The van der Waals surface area contributed by atoms with Gasteiger partial charge in [0.1, 0.15) is 6.04 Å². The first kappa shape index (κ1) is 13.8. The molecular formula is C9H13F3N2O3. The highest BCUT2D eigenvalue weighted by Crippen LogP contribution is 2.19. The van der Waals surface area contributed by atoms with Gasteiger partial charge in [-0.25, -0.2) is 0 Å². The molecule has 1 rings (SSSR count). The highest BCUT2D eigenvalue weighted by atomic mass is 19.4. The molecule has 0 radical (unpaired) electrons. The number of rotatable bonds is 2. The van der Waals surface area contributed by atoms with Crippen molar-refractivity contribution >= 4 is 11.9 Å². The largest absolute Gasteiger partial charge is 0.480 e. The minimum atomic E-state index is -4.86. The molecule has 8 heteroatoms. The van der Waals surface area contributed by atoms with Crippen molar-refractivity contribution < 1.29 is 27.9 Å². The van der Waals surface area contributed by atoms with E-state index in [9.17, 15) is 22.8 Å². The molecule has 1 saturated heterocycles. The summed E-state index contributed by atoms with van der Waals surface area (Å²) >= 11 is 0. The van der Waals surface area contributed by atoms with Crippen LogP contribution in [0.25, 0.3) is 0 Å². The Morgan fingerprint density at radius 2 is 1.65 bits per heavy atom. The SMILES string of the molecule is CC(C(=O)O)N1CCN(C(=O)C(F)(F)F)CC1. The molecule has 1 fully saturated rings. The molecule has 1 N–H and O–H groups in total. The third-order valence-corrected chi connectivity index (χ3v) is 2.75. The van der Waals surface area contributed by atoms with E-state index in [0.29, 0.717) is 4.90 Å². The Labute approximate surface area is 95.8 Å². The van der Waals surface area contributed by atoms with Crippen molar-refractivity contribution in [2.45, 2.75) is 19.1 Å². The Hall–Kier alpha value is -1.31. The number of piperazine rings is 1. The topological polar surface area (TPSA) is 60.9 Å². The van der Waals surface area contributed by atoms with Crippen LogP contribution in [0.4, 0.5) is 13.2 Å². The fourth-order valence-electron chi connectivity index (χ4n) is 1.65. The van der Waals surface area contributed by atoms with Crippen molar-refractivity contribution in [3.05, 3.63) is 0 Å². The molecule has 1 unspecified atom stereocenters. The predicted molar refractivity (Wildman–Crippen MR) is 51.3 cm³/mol. The Morgan fingerprint density at radius 3 is 2.00 bits per heavy atom. The standard InChI is InChI=1S/C9H13F3N2O3/c1-6(7(15)16)13-2-4-14(5-3-13)8(17)9(10,11)12/h6H,2-5H2,1H3,(H,15,16). The van der Waals surface area contributed by atoms with Gasteiger partial charge in [0.05, 0.1) is 0 Å². The van der Waals surface area contributed by atoms with Gasteiger partial charge >= 0.3 is 18.1 Å². The number of aliphatic carboxylic acids is 1.